The number of carbonyl (C=O) groups excluding carboxylic acids is 1. The lowest BCUT2D eigenvalue weighted by Crippen LogP contribution is -2.20. The summed E-state index contributed by atoms with van der Waals surface area (Å²) in [5.74, 6) is 0. The molecular formula is C10H15ClN2OS. The summed E-state index contributed by atoms with van der Waals surface area (Å²) < 4.78 is 0. The van der Waals surface area contributed by atoms with E-state index < -0.39 is 0 Å². The Morgan fingerprint density at radius 1 is 1.47 bits per heavy atom. The van der Waals surface area contributed by atoms with Crippen molar-refractivity contribution in [3.63, 3.8) is 0 Å². The first-order valence-electron chi connectivity index (χ1n) is 4.94. The van der Waals surface area contributed by atoms with Gasteiger partial charge in [0.05, 0.1) is 16.5 Å². The molecule has 1 N–H and O–H groups in total. The number of carbonyl (C=O) groups is 1. The Hall–Kier alpha value is -0.740. The Morgan fingerprint density at radius 2 is 2.13 bits per heavy atom. The fourth-order valence-corrected chi connectivity index (χ4v) is 2.38. The molecule has 0 radical (unpaired) electrons. The van der Waals surface area contributed by atoms with Gasteiger partial charge < -0.3 is 10.2 Å². The summed E-state index contributed by atoms with van der Waals surface area (Å²) >= 11 is 6.88. The van der Waals surface area contributed by atoms with Gasteiger partial charge >= 0.3 is 0 Å². The molecule has 3 nitrogen and oxygen atoms in total. The number of nitrogens with zero attached hydrogens (tertiary/aromatic N) is 1. The van der Waals surface area contributed by atoms with Crippen molar-refractivity contribution in [2.75, 3.05) is 29.9 Å². The highest BCUT2D eigenvalue weighted by molar-refractivity contribution is 7.20. The molecule has 1 aromatic heterocycles. The Bertz CT molecular complexity index is 323. The molecule has 1 heterocycles. The van der Waals surface area contributed by atoms with E-state index in [0.29, 0.717) is 0 Å². The predicted molar refractivity (Wildman–Crippen MR) is 67.2 cm³/mol. The monoisotopic (exact) mass is 246 g/mol. The van der Waals surface area contributed by atoms with E-state index in [-0.39, 0.29) is 11.8 Å². The number of nitrogens with one attached hydrogen (secondary N) is 1. The molecule has 0 saturated carbocycles. The van der Waals surface area contributed by atoms with Crippen molar-refractivity contribution in [3.05, 3.63) is 12.1 Å². The summed E-state index contributed by atoms with van der Waals surface area (Å²) in [6.07, 6.45) is 0. The first-order chi connectivity index (χ1) is 7.17. The number of rotatable bonds is 6. The fraction of sp³-hybridized carbons (Fsp3) is 0.500. The molecule has 0 aliphatic carbocycles. The zero-order chi connectivity index (χ0) is 11.3. The van der Waals surface area contributed by atoms with Gasteiger partial charge in [-0.05, 0) is 37.6 Å². The smallest absolute Gasteiger partial charge is 0.240 e. The van der Waals surface area contributed by atoms with Gasteiger partial charge in [-0.2, -0.15) is 0 Å². The van der Waals surface area contributed by atoms with Crippen LogP contribution in [0.2, 0.25) is 0 Å². The van der Waals surface area contributed by atoms with Crippen LogP contribution in [0.4, 0.5) is 10.0 Å². The first-order valence-corrected chi connectivity index (χ1v) is 6.13. The van der Waals surface area contributed by atoms with Gasteiger partial charge in [0, 0.05) is 13.1 Å². The minimum Gasteiger partial charge on any atom is -0.368 e. The van der Waals surface area contributed by atoms with Gasteiger partial charge in [0.2, 0.25) is 5.24 Å². The lowest BCUT2D eigenvalue weighted by atomic mass is 10.5. The molecule has 0 atom stereocenters. The lowest BCUT2D eigenvalue weighted by molar-refractivity contribution is -0.110. The van der Waals surface area contributed by atoms with Crippen LogP contribution in [0.15, 0.2) is 12.1 Å². The molecule has 0 saturated heterocycles. The van der Waals surface area contributed by atoms with Crippen molar-refractivity contribution in [1.29, 1.82) is 0 Å². The quantitative estimate of drug-likeness (QED) is 0.784. The highest BCUT2D eigenvalue weighted by Crippen LogP contribution is 2.29. The molecule has 0 unspecified atom stereocenters. The Kier molecular flexibility index (Phi) is 4.91. The van der Waals surface area contributed by atoms with Crippen molar-refractivity contribution in [2.24, 2.45) is 0 Å². The summed E-state index contributed by atoms with van der Waals surface area (Å²) in [6, 6.07) is 4.02. The first kappa shape index (κ1) is 12.3. The molecule has 84 valence electrons. The Balaban J connectivity index is 2.59. The van der Waals surface area contributed by atoms with Crippen LogP contribution in [0.3, 0.4) is 0 Å². The second-order valence-electron chi connectivity index (χ2n) is 3.02. The predicted octanol–water partition coefficient (Wildman–Crippen LogP) is 2.77. The third-order valence-corrected chi connectivity index (χ3v) is 3.31. The number of hydrogen-bond acceptors (Lipinski definition) is 4. The van der Waals surface area contributed by atoms with Gasteiger partial charge in [-0.3, -0.25) is 4.79 Å². The van der Waals surface area contributed by atoms with Crippen LogP contribution in [0, 0.1) is 0 Å². The SMILES string of the molecule is CCN(CC)c1ccc(NCC(=O)Cl)s1. The molecule has 0 aliphatic rings. The molecule has 0 amide bonds. The summed E-state index contributed by atoms with van der Waals surface area (Å²) in [6.45, 7) is 6.41. The minimum atomic E-state index is -0.368. The van der Waals surface area contributed by atoms with Gasteiger partial charge in [0.1, 0.15) is 0 Å². The third-order valence-electron chi connectivity index (χ3n) is 2.07. The summed E-state index contributed by atoms with van der Waals surface area (Å²) in [5.41, 5.74) is 0. The summed E-state index contributed by atoms with van der Waals surface area (Å²) in [7, 11) is 0. The minimum absolute atomic E-state index is 0.180. The third kappa shape index (κ3) is 3.72. The topological polar surface area (TPSA) is 32.3 Å². The van der Waals surface area contributed by atoms with Gasteiger partial charge in [-0.15, -0.1) is 11.3 Å². The molecule has 5 heteroatoms. The Morgan fingerprint density at radius 3 is 2.67 bits per heavy atom. The maximum absolute atomic E-state index is 10.6. The van der Waals surface area contributed by atoms with E-state index in [0.717, 1.165) is 18.1 Å². The van der Waals surface area contributed by atoms with Crippen LogP contribution in [0.1, 0.15) is 13.8 Å². The van der Waals surface area contributed by atoms with E-state index in [1.807, 2.05) is 6.07 Å². The zero-order valence-corrected chi connectivity index (χ0v) is 10.5. The van der Waals surface area contributed by atoms with Crippen molar-refractivity contribution < 1.29 is 4.79 Å². The Labute approximate surface area is 99.0 Å². The van der Waals surface area contributed by atoms with E-state index in [1.165, 1.54) is 5.00 Å². The molecule has 0 aromatic carbocycles. The van der Waals surface area contributed by atoms with Crippen molar-refractivity contribution >= 4 is 38.2 Å². The average Bonchev–Trinajstić information content (AvgIpc) is 2.65. The van der Waals surface area contributed by atoms with E-state index >= 15 is 0 Å². The van der Waals surface area contributed by atoms with E-state index in [9.17, 15) is 4.79 Å². The molecule has 0 spiro atoms. The normalized spacial score (nSPS) is 10.1. The van der Waals surface area contributed by atoms with E-state index in [1.54, 1.807) is 11.3 Å². The molecule has 0 aliphatic heterocycles. The lowest BCUT2D eigenvalue weighted by Gasteiger charge is -2.17. The van der Waals surface area contributed by atoms with Crippen molar-refractivity contribution in [2.45, 2.75) is 13.8 Å². The van der Waals surface area contributed by atoms with Crippen LogP contribution in [-0.2, 0) is 4.79 Å². The van der Waals surface area contributed by atoms with Crippen molar-refractivity contribution in [1.82, 2.24) is 0 Å². The van der Waals surface area contributed by atoms with Crippen LogP contribution in [0.5, 0.6) is 0 Å². The number of thiophene rings is 1. The maximum Gasteiger partial charge on any atom is 0.240 e. The molecular weight excluding hydrogens is 232 g/mol. The summed E-state index contributed by atoms with van der Waals surface area (Å²) in [5, 5.41) is 4.80. The molecule has 1 aromatic rings. The fourth-order valence-electron chi connectivity index (χ4n) is 1.28. The number of anilines is 2. The molecule has 15 heavy (non-hydrogen) atoms. The summed E-state index contributed by atoms with van der Waals surface area (Å²) in [4.78, 5) is 12.8. The number of hydrogen-bond donors (Lipinski definition) is 1. The maximum atomic E-state index is 10.6. The van der Waals surface area contributed by atoms with E-state index in [4.69, 9.17) is 11.6 Å². The highest BCUT2D eigenvalue weighted by atomic mass is 35.5. The second kappa shape index (κ2) is 5.98. The average molecular weight is 247 g/mol. The van der Waals surface area contributed by atoms with Crippen molar-refractivity contribution in [3.8, 4) is 0 Å². The van der Waals surface area contributed by atoms with E-state index in [2.05, 4.69) is 30.1 Å². The zero-order valence-electron chi connectivity index (χ0n) is 8.92. The highest BCUT2D eigenvalue weighted by Gasteiger charge is 2.05. The van der Waals surface area contributed by atoms with Crippen LogP contribution in [0.25, 0.3) is 0 Å². The standard InChI is InChI=1S/C10H15ClN2OS/c1-3-13(4-2)10-6-5-9(15-10)12-7-8(11)14/h5-6,12H,3-4,7H2,1-2H3. The van der Waals surface area contributed by atoms with Crippen LogP contribution >= 0.6 is 22.9 Å². The van der Waals surface area contributed by atoms with Crippen LogP contribution < -0.4 is 10.2 Å². The second-order valence-corrected chi connectivity index (χ2v) is 4.50. The van der Waals surface area contributed by atoms with Gasteiger partial charge in [-0.25, -0.2) is 0 Å². The molecule has 0 fully saturated rings. The van der Waals surface area contributed by atoms with Crippen LogP contribution in [-0.4, -0.2) is 24.9 Å². The largest absolute Gasteiger partial charge is 0.368 e. The van der Waals surface area contributed by atoms with Gasteiger partial charge in [0.15, 0.2) is 0 Å². The van der Waals surface area contributed by atoms with Gasteiger partial charge in [-0.1, -0.05) is 0 Å². The number of halogens is 1. The molecule has 1 rings (SSSR count). The molecule has 0 bridgehead atoms. The van der Waals surface area contributed by atoms with Gasteiger partial charge in [0.25, 0.3) is 0 Å².